The molecule has 0 saturated carbocycles. The van der Waals surface area contributed by atoms with Gasteiger partial charge in [-0.25, -0.2) is 23.7 Å². The van der Waals surface area contributed by atoms with Crippen LogP contribution >= 0.6 is 0 Å². The minimum atomic E-state index is -1.53. The first-order chi connectivity index (χ1) is 16.0. The topological polar surface area (TPSA) is 129 Å². The third-order valence-corrected chi connectivity index (χ3v) is 4.33. The minimum Gasteiger partial charge on any atom is -0.488 e. The van der Waals surface area contributed by atoms with Crippen LogP contribution in [0.4, 0.5) is 18.8 Å². The second-order valence-electron chi connectivity index (χ2n) is 9.81. The van der Waals surface area contributed by atoms with Gasteiger partial charge in [0.1, 0.15) is 34.9 Å². The van der Waals surface area contributed by atoms with E-state index < -0.39 is 47.9 Å². The quantitative estimate of drug-likeness (QED) is 0.551. The average Bonchev–Trinajstić information content (AvgIpc) is 2.68. The SMILES string of the molecule is CCN(Cc1c(OC(C)CN(C(=O)O)C(=O)OC(C)(C)C)ccc(F)c1C#N)C(=O)OC(C)(C)C. The number of rotatable bonds is 7. The van der Waals surface area contributed by atoms with Crippen molar-refractivity contribution in [1.29, 1.82) is 5.26 Å². The van der Waals surface area contributed by atoms with Crippen molar-refractivity contribution < 1.29 is 38.1 Å². The Morgan fingerprint density at radius 3 is 2.09 bits per heavy atom. The van der Waals surface area contributed by atoms with Gasteiger partial charge in [0.2, 0.25) is 0 Å². The van der Waals surface area contributed by atoms with Gasteiger partial charge in [-0.1, -0.05) is 0 Å². The summed E-state index contributed by atoms with van der Waals surface area (Å²) in [5.41, 5.74) is -1.91. The molecule has 0 fully saturated rings. The number of nitrogens with zero attached hydrogens (tertiary/aromatic N) is 3. The van der Waals surface area contributed by atoms with Crippen molar-refractivity contribution in [1.82, 2.24) is 9.80 Å². The van der Waals surface area contributed by atoms with Crippen molar-refractivity contribution in [3.63, 3.8) is 0 Å². The molecule has 0 bridgehead atoms. The van der Waals surface area contributed by atoms with Crippen LogP contribution in [0.5, 0.6) is 5.75 Å². The first kappa shape index (κ1) is 29.5. The normalized spacial score (nSPS) is 12.2. The molecule has 35 heavy (non-hydrogen) atoms. The molecule has 0 spiro atoms. The summed E-state index contributed by atoms with van der Waals surface area (Å²) in [6, 6.07) is 4.10. The summed E-state index contributed by atoms with van der Waals surface area (Å²) in [4.78, 5) is 38.2. The summed E-state index contributed by atoms with van der Waals surface area (Å²) in [5, 5.41) is 19.0. The van der Waals surface area contributed by atoms with E-state index in [0.717, 1.165) is 6.07 Å². The molecule has 0 aliphatic rings. The lowest BCUT2D eigenvalue weighted by Gasteiger charge is -2.28. The van der Waals surface area contributed by atoms with Crippen LogP contribution in [-0.2, 0) is 16.0 Å². The van der Waals surface area contributed by atoms with Crippen LogP contribution in [-0.4, -0.2) is 63.6 Å². The predicted octanol–water partition coefficient (Wildman–Crippen LogP) is 5.14. The maximum absolute atomic E-state index is 14.4. The van der Waals surface area contributed by atoms with Gasteiger partial charge in [-0.3, -0.25) is 0 Å². The lowest BCUT2D eigenvalue weighted by molar-refractivity contribution is 0.0193. The van der Waals surface area contributed by atoms with Crippen molar-refractivity contribution in [2.24, 2.45) is 0 Å². The molecule has 1 rings (SSSR count). The molecule has 0 aliphatic heterocycles. The van der Waals surface area contributed by atoms with Crippen molar-refractivity contribution in [3.05, 3.63) is 29.1 Å². The summed E-state index contributed by atoms with van der Waals surface area (Å²) in [6.45, 7) is 12.7. The van der Waals surface area contributed by atoms with E-state index in [9.17, 15) is 29.1 Å². The highest BCUT2D eigenvalue weighted by atomic mass is 19.1. The fraction of sp³-hybridized carbons (Fsp3) is 0.583. The monoisotopic (exact) mass is 495 g/mol. The Morgan fingerprint density at radius 1 is 1.09 bits per heavy atom. The third-order valence-electron chi connectivity index (χ3n) is 4.33. The molecule has 11 heteroatoms. The Hall–Kier alpha value is -3.55. The highest BCUT2D eigenvalue weighted by Gasteiger charge is 2.30. The van der Waals surface area contributed by atoms with Gasteiger partial charge in [-0.2, -0.15) is 5.26 Å². The summed E-state index contributed by atoms with van der Waals surface area (Å²) in [5.74, 6) is -0.740. The predicted molar refractivity (Wildman–Crippen MR) is 124 cm³/mol. The van der Waals surface area contributed by atoms with Gasteiger partial charge in [-0.05, 0) is 67.5 Å². The molecule has 0 aromatic heterocycles. The molecular formula is C24H34FN3O7. The van der Waals surface area contributed by atoms with Gasteiger partial charge >= 0.3 is 18.3 Å². The van der Waals surface area contributed by atoms with E-state index in [1.807, 2.05) is 0 Å². The van der Waals surface area contributed by atoms with Crippen LogP contribution in [0.3, 0.4) is 0 Å². The van der Waals surface area contributed by atoms with Crippen LogP contribution in [0.1, 0.15) is 66.5 Å². The number of nitriles is 1. The number of carbonyl (C=O) groups is 3. The molecule has 0 radical (unpaired) electrons. The molecule has 10 nitrogen and oxygen atoms in total. The molecule has 1 unspecified atom stereocenters. The number of hydrogen-bond acceptors (Lipinski definition) is 7. The molecule has 0 aliphatic carbocycles. The summed E-state index contributed by atoms with van der Waals surface area (Å²) >= 11 is 0. The Morgan fingerprint density at radius 2 is 1.63 bits per heavy atom. The number of ether oxygens (including phenoxy) is 3. The Bertz CT molecular complexity index is 977. The minimum absolute atomic E-state index is 0.0620. The number of amides is 3. The van der Waals surface area contributed by atoms with Crippen LogP contribution in [0.15, 0.2) is 12.1 Å². The zero-order valence-corrected chi connectivity index (χ0v) is 21.5. The maximum Gasteiger partial charge on any atom is 0.419 e. The fourth-order valence-electron chi connectivity index (χ4n) is 2.87. The zero-order valence-electron chi connectivity index (χ0n) is 21.5. The summed E-state index contributed by atoms with van der Waals surface area (Å²) in [6.07, 6.45) is -4.16. The lowest BCUT2D eigenvalue weighted by Crippen LogP contribution is -2.44. The van der Waals surface area contributed by atoms with E-state index in [4.69, 9.17) is 14.2 Å². The highest BCUT2D eigenvalue weighted by molar-refractivity contribution is 5.86. The van der Waals surface area contributed by atoms with E-state index in [1.54, 1.807) is 54.5 Å². The maximum atomic E-state index is 14.4. The molecule has 194 valence electrons. The van der Waals surface area contributed by atoms with E-state index >= 15 is 0 Å². The first-order valence-corrected chi connectivity index (χ1v) is 11.1. The van der Waals surface area contributed by atoms with Gasteiger partial charge in [0.05, 0.1) is 18.7 Å². The largest absolute Gasteiger partial charge is 0.488 e. The van der Waals surface area contributed by atoms with Crippen LogP contribution in [0.25, 0.3) is 0 Å². The number of imide groups is 1. The van der Waals surface area contributed by atoms with Crippen molar-refractivity contribution in [3.8, 4) is 11.8 Å². The van der Waals surface area contributed by atoms with Gasteiger partial charge < -0.3 is 24.2 Å². The molecule has 1 aromatic carbocycles. The van der Waals surface area contributed by atoms with Crippen molar-refractivity contribution in [2.45, 2.75) is 79.2 Å². The van der Waals surface area contributed by atoms with Gasteiger partial charge in [-0.15, -0.1) is 0 Å². The second kappa shape index (κ2) is 11.7. The number of carboxylic acid groups (broad SMARTS) is 1. The second-order valence-corrected chi connectivity index (χ2v) is 9.81. The van der Waals surface area contributed by atoms with E-state index in [0.29, 0.717) is 4.90 Å². The standard InChI is InChI=1S/C24H34FN3O7/c1-9-27(21(31)34-23(3,4)5)14-17-16(12-26)18(25)10-11-19(17)33-15(2)13-28(20(29)30)22(32)35-24(6,7)8/h10-11,15H,9,13-14H2,1-8H3,(H,29,30). The number of halogens is 1. The third kappa shape index (κ3) is 9.31. The summed E-state index contributed by atoms with van der Waals surface area (Å²) in [7, 11) is 0. The summed E-state index contributed by atoms with van der Waals surface area (Å²) < 4.78 is 30.7. The molecular weight excluding hydrogens is 461 g/mol. The van der Waals surface area contributed by atoms with Crippen LogP contribution < -0.4 is 4.74 Å². The number of carbonyl (C=O) groups excluding carboxylic acids is 2. The molecule has 1 N–H and O–H groups in total. The molecule has 0 saturated heterocycles. The van der Waals surface area contributed by atoms with Crippen molar-refractivity contribution >= 4 is 18.3 Å². The Labute approximate surface area is 205 Å². The van der Waals surface area contributed by atoms with Crippen molar-refractivity contribution in [2.75, 3.05) is 13.1 Å². The van der Waals surface area contributed by atoms with Gasteiger partial charge in [0, 0.05) is 12.1 Å². The number of benzene rings is 1. The Balaban J connectivity index is 3.23. The Kier molecular flexibility index (Phi) is 9.88. The highest BCUT2D eigenvalue weighted by Crippen LogP contribution is 2.28. The van der Waals surface area contributed by atoms with Gasteiger partial charge in [0.15, 0.2) is 0 Å². The average molecular weight is 496 g/mol. The number of hydrogen-bond donors (Lipinski definition) is 1. The zero-order chi connectivity index (χ0) is 27.1. The molecule has 3 amide bonds. The van der Waals surface area contributed by atoms with E-state index in [1.165, 1.54) is 17.9 Å². The van der Waals surface area contributed by atoms with Crippen LogP contribution in [0, 0.1) is 17.1 Å². The van der Waals surface area contributed by atoms with Crippen LogP contribution in [0.2, 0.25) is 0 Å². The first-order valence-electron chi connectivity index (χ1n) is 11.1. The van der Waals surface area contributed by atoms with E-state index in [2.05, 4.69) is 0 Å². The van der Waals surface area contributed by atoms with E-state index in [-0.39, 0.29) is 30.0 Å². The lowest BCUT2D eigenvalue weighted by atomic mass is 10.1. The fourth-order valence-corrected chi connectivity index (χ4v) is 2.87. The van der Waals surface area contributed by atoms with Gasteiger partial charge in [0.25, 0.3) is 0 Å². The molecule has 0 heterocycles. The smallest absolute Gasteiger partial charge is 0.419 e. The molecule has 1 aromatic rings. The molecule has 1 atom stereocenters.